The minimum absolute atomic E-state index is 0.818. The van der Waals surface area contributed by atoms with Crippen LogP contribution < -0.4 is 0 Å². The van der Waals surface area contributed by atoms with E-state index in [0.29, 0.717) is 0 Å². The van der Waals surface area contributed by atoms with Crippen LogP contribution in [0.1, 0.15) is 82.0 Å². The van der Waals surface area contributed by atoms with Crippen molar-refractivity contribution in [1.82, 2.24) is 13.2 Å². The van der Waals surface area contributed by atoms with Gasteiger partial charge in [0.15, 0.2) is 0 Å². The predicted molar refractivity (Wildman–Crippen MR) is 110 cm³/mol. The number of thioether (sulfide) groups is 2. The van der Waals surface area contributed by atoms with Crippen molar-refractivity contribution in [2.45, 2.75) is 92.6 Å². The zero-order chi connectivity index (χ0) is 15.9. The summed E-state index contributed by atoms with van der Waals surface area (Å²) in [5.41, 5.74) is 2.57. The molecule has 1 aliphatic carbocycles. The zero-order valence-electron chi connectivity index (χ0n) is 13.9. The Balaban J connectivity index is 1.68. The molecule has 1 fully saturated rings. The Morgan fingerprint density at radius 1 is 0.826 bits per heavy atom. The Morgan fingerprint density at radius 3 is 2.04 bits per heavy atom. The van der Waals surface area contributed by atoms with E-state index in [4.69, 9.17) is 0 Å². The highest BCUT2D eigenvalue weighted by Gasteiger charge is 2.23. The highest BCUT2D eigenvalue weighted by Crippen LogP contribution is 2.36. The third-order valence-corrected chi connectivity index (χ3v) is 8.49. The van der Waals surface area contributed by atoms with Crippen LogP contribution in [0.5, 0.6) is 0 Å². The summed E-state index contributed by atoms with van der Waals surface area (Å²) in [6.45, 7) is 0. The number of halogens is 1. The van der Waals surface area contributed by atoms with Gasteiger partial charge in [-0.2, -0.15) is 26.4 Å². The molecule has 1 aromatic rings. The molecule has 0 radical (unpaired) electrons. The molecule has 23 heavy (non-hydrogen) atoms. The molecule has 1 aromatic heterocycles. The van der Waals surface area contributed by atoms with Gasteiger partial charge < -0.3 is 0 Å². The van der Waals surface area contributed by atoms with E-state index in [1.165, 1.54) is 82.0 Å². The van der Waals surface area contributed by atoms with Crippen LogP contribution in [0.3, 0.4) is 0 Å². The SMILES string of the molecule is In1nnc2c1CSC1CCCCCCCCCCC(C1)SC2. The first-order chi connectivity index (χ1) is 11.3. The lowest BCUT2D eigenvalue weighted by Crippen LogP contribution is -2.13. The van der Waals surface area contributed by atoms with E-state index in [-0.39, 0.29) is 0 Å². The Kier molecular flexibility index (Phi) is 7.90. The summed E-state index contributed by atoms with van der Waals surface area (Å²) < 4.78 is 1.97. The number of hydrogen-bond donors (Lipinski definition) is 0. The molecule has 2 aliphatic rings. The molecule has 130 valence electrons. The van der Waals surface area contributed by atoms with Gasteiger partial charge in [0, 0.05) is 22.0 Å². The van der Waals surface area contributed by atoms with Crippen molar-refractivity contribution in [1.29, 1.82) is 0 Å². The minimum atomic E-state index is 0.818. The fourth-order valence-electron chi connectivity index (χ4n) is 3.59. The lowest BCUT2D eigenvalue weighted by Gasteiger charge is -2.22. The summed E-state index contributed by atoms with van der Waals surface area (Å²) in [4.78, 5) is 0. The Hall–Kier alpha value is 0.570. The van der Waals surface area contributed by atoms with Crippen LogP contribution in [0.25, 0.3) is 0 Å². The second-order valence-corrected chi connectivity index (χ2v) is 10.3. The van der Waals surface area contributed by atoms with E-state index in [9.17, 15) is 0 Å². The molecular formula is C17H28IN3S2. The summed E-state index contributed by atoms with van der Waals surface area (Å²) in [5, 5.41) is 10.3. The molecular weight excluding hydrogens is 437 g/mol. The van der Waals surface area contributed by atoms with Crippen molar-refractivity contribution < 1.29 is 0 Å². The van der Waals surface area contributed by atoms with Crippen molar-refractivity contribution in [3.05, 3.63) is 11.4 Å². The zero-order valence-corrected chi connectivity index (χ0v) is 17.7. The van der Waals surface area contributed by atoms with E-state index < -0.39 is 0 Å². The van der Waals surface area contributed by atoms with Gasteiger partial charge in [0.25, 0.3) is 0 Å². The smallest absolute Gasteiger partial charge is 0.0976 e. The molecule has 3 rings (SSSR count). The van der Waals surface area contributed by atoms with E-state index in [1.807, 2.05) is 2.90 Å². The molecule has 2 heterocycles. The molecule has 2 unspecified atom stereocenters. The molecule has 1 saturated carbocycles. The van der Waals surface area contributed by atoms with Crippen LogP contribution in [-0.4, -0.2) is 23.7 Å². The van der Waals surface area contributed by atoms with Gasteiger partial charge in [0.05, 0.1) is 34.3 Å². The number of rotatable bonds is 0. The Morgan fingerprint density at radius 2 is 1.39 bits per heavy atom. The van der Waals surface area contributed by atoms with Crippen molar-refractivity contribution in [3.63, 3.8) is 0 Å². The van der Waals surface area contributed by atoms with Gasteiger partial charge in [-0.25, -0.2) is 0 Å². The average Bonchev–Trinajstić information content (AvgIpc) is 2.93. The predicted octanol–water partition coefficient (Wildman–Crippen LogP) is 6.00. The van der Waals surface area contributed by atoms with E-state index in [1.54, 1.807) is 0 Å². The van der Waals surface area contributed by atoms with Gasteiger partial charge >= 0.3 is 0 Å². The summed E-state index contributed by atoms with van der Waals surface area (Å²) in [5.74, 6) is 2.14. The van der Waals surface area contributed by atoms with E-state index in [2.05, 4.69) is 56.7 Å². The molecule has 0 saturated heterocycles. The fourth-order valence-corrected chi connectivity index (χ4v) is 7.19. The van der Waals surface area contributed by atoms with Crippen LogP contribution in [-0.2, 0) is 11.5 Å². The second-order valence-electron chi connectivity index (χ2n) is 6.85. The first-order valence-corrected chi connectivity index (χ1v) is 12.2. The van der Waals surface area contributed by atoms with Crippen molar-refractivity contribution >= 4 is 46.4 Å². The van der Waals surface area contributed by atoms with Crippen molar-refractivity contribution in [2.24, 2.45) is 0 Å². The molecule has 0 N–H and O–H groups in total. The molecule has 2 atom stereocenters. The third-order valence-electron chi connectivity index (χ3n) is 5.04. The van der Waals surface area contributed by atoms with Crippen LogP contribution in [0.2, 0.25) is 0 Å². The topological polar surface area (TPSA) is 30.7 Å². The maximum absolute atomic E-state index is 4.41. The highest BCUT2D eigenvalue weighted by atomic mass is 127. The first-order valence-electron chi connectivity index (χ1n) is 9.16. The first kappa shape index (κ1) is 18.4. The van der Waals surface area contributed by atoms with E-state index in [0.717, 1.165) is 22.0 Å². The van der Waals surface area contributed by atoms with Gasteiger partial charge in [-0.15, -0.1) is 5.10 Å². The quantitative estimate of drug-likeness (QED) is 0.440. The maximum atomic E-state index is 4.41. The normalized spacial score (nSPS) is 28.2. The van der Waals surface area contributed by atoms with Gasteiger partial charge in [-0.3, -0.25) is 0 Å². The molecule has 3 nitrogen and oxygen atoms in total. The van der Waals surface area contributed by atoms with Crippen LogP contribution in [0, 0.1) is 0 Å². The summed E-state index contributed by atoms with van der Waals surface area (Å²) in [7, 11) is 0. The monoisotopic (exact) mass is 465 g/mol. The number of aromatic nitrogens is 3. The molecule has 0 aromatic carbocycles. The standard InChI is InChI=1S/C17H28IN3S2/c18-21-17-13-23-15-10-8-6-4-2-1-3-5-7-9-14(11-15)22-12-16(17)19-20-21/h14-15H,1-13H2. The molecule has 0 spiro atoms. The maximum Gasteiger partial charge on any atom is 0.0976 e. The largest absolute Gasteiger partial charge is 0.187 e. The van der Waals surface area contributed by atoms with Crippen LogP contribution >= 0.6 is 46.4 Å². The summed E-state index contributed by atoms with van der Waals surface area (Å²) >= 11 is 6.59. The van der Waals surface area contributed by atoms with Gasteiger partial charge in [-0.1, -0.05) is 56.6 Å². The van der Waals surface area contributed by atoms with Crippen LogP contribution in [0.15, 0.2) is 0 Å². The van der Waals surface area contributed by atoms with Gasteiger partial charge in [0.1, 0.15) is 0 Å². The Bertz CT molecular complexity index is 480. The Labute approximate surface area is 163 Å². The minimum Gasteiger partial charge on any atom is -0.187 e. The molecule has 1 aliphatic heterocycles. The highest BCUT2D eigenvalue weighted by molar-refractivity contribution is 14.1. The molecule has 2 bridgehead atoms. The van der Waals surface area contributed by atoms with Crippen molar-refractivity contribution in [2.75, 3.05) is 0 Å². The van der Waals surface area contributed by atoms with Crippen LogP contribution in [0.4, 0.5) is 0 Å². The number of fused-ring (bicyclic) bond motifs is 3. The lowest BCUT2D eigenvalue weighted by atomic mass is 10.1. The summed E-state index contributed by atoms with van der Waals surface area (Å²) in [6, 6.07) is 0. The summed E-state index contributed by atoms with van der Waals surface area (Å²) in [6.07, 6.45) is 15.7. The lowest BCUT2D eigenvalue weighted by molar-refractivity contribution is 0.563. The second kappa shape index (κ2) is 9.90. The van der Waals surface area contributed by atoms with Gasteiger partial charge in [0.2, 0.25) is 0 Å². The molecule has 0 amide bonds. The van der Waals surface area contributed by atoms with Crippen molar-refractivity contribution in [3.8, 4) is 0 Å². The number of hydrogen-bond acceptors (Lipinski definition) is 4. The molecule has 6 heteroatoms. The number of nitrogens with zero attached hydrogens (tertiary/aromatic N) is 3. The average molecular weight is 465 g/mol. The van der Waals surface area contributed by atoms with E-state index >= 15 is 0 Å². The fraction of sp³-hybridized carbons (Fsp3) is 0.882. The third kappa shape index (κ3) is 5.80. The van der Waals surface area contributed by atoms with Gasteiger partial charge in [-0.05, 0) is 19.3 Å².